The third-order valence-corrected chi connectivity index (χ3v) is 3.73. The molecule has 0 unspecified atom stereocenters. The van der Waals surface area contributed by atoms with Gasteiger partial charge in [-0.25, -0.2) is 0 Å². The van der Waals surface area contributed by atoms with Gasteiger partial charge in [0.2, 0.25) is 5.91 Å². The molecule has 0 radical (unpaired) electrons. The van der Waals surface area contributed by atoms with Gasteiger partial charge in [0.15, 0.2) is 0 Å². The Hall–Kier alpha value is -2.08. The lowest BCUT2D eigenvalue weighted by molar-refractivity contribution is -0.148. The standard InChI is InChI=1S/C17H24N2O4/c1-12(2)23-13(3)17(21)18-9-10-19(16(20)11-18)14-7-5-6-8-15(14)22-4/h5-8,12-13H,9-11H2,1-4H3/t13-/m0/s1. The number of rotatable bonds is 5. The second-order valence-corrected chi connectivity index (χ2v) is 5.80. The van der Waals surface area contributed by atoms with E-state index < -0.39 is 6.10 Å². The summed E-state index contributed by atoms with van der Waals surface area (Å²) in [7, 11) is 1.58. The second kappa shape index (κ2) is 7.46. The lowest BCUT2D eigenvalue weighted by Gasteiger charge is -2.36. The molecule has 0 bridgehead atoms. The fraction of sp³-hybridized carbons (Fsp3) is 0.529. The summed E-state index contributed by atoms with van der Waals surface area (Å²) >= 11 is 0. The summed E-state index contributed by atoms with van der Waals surface area (Å²) in [6.07, 6.45) is -0.569. The lowest BCUT2D eigenvalue weighted by Crippen LogP contribution is -2.54. The maximum atomic E-state index is 12.5. The van der Waals surface area contributed by atoms with Crippen LogP contribution in [0.15, 0.2) is 24.3 Å². The highest BCUT2D eigenvalue weighted by atomic mass is 16.5. The molecule has 0 aromatic heterocycles. The first-order chi connectivity index (χ1) is 10.9. The Bertz CT molecular complexity index is 573. The Labute approximate surface area is 137 Å². The molecule has 1 aliphatic rings. The highest BCUT2D eigenvalue weighted by Gasteiger charge is 2.31. The molecule has 23 heavy (non-hydrogen) atoms. The maximum Gasteiger partial charge on any atom is 0.251 e. The number of amides is 2. The van der Waals surface area contributed by atoms with Gasteiger partial charge in [0.25, 0.3) is 5.91 Å². The Morgan fingerprint density at radius 1 is 1.17 bits per heavy atom. The van der Waals surface area contributed by atoms with Crippen molar-refractivity contribution in [1.82, 2.24) is 4.90 Å². The average Bonchev–Trinajstić information content (AvgIpc) is 2.53. The molecular formula is C17H24N2O4. The lowest BCUT2D eigenvalue weighted by atomic mass is 10.2. The van der Waals surface area contributed by atoms with Gasteiger partial charge in [0, 0.05) is 13.1 Å². The largest absolute Gasteiger partial charge is 0.495 e. The number of hydrogen-bond acceptors (Lipinski definition) is 4. The summed E-state index contributed by atoms with van der Waals surface area (Å²) in [5, 5.41) is 0. The number of piperazine rings is 1. The van der Waals surface area contributed by atoms with E-state index in [1.807, 2.05) is 38.1 Å². The third-order valence-electron chi connectivity index (χ3n) is 3.73. The highest BCUT2D eigenvalue weighted by molar-refractivity contribution is 5.99. The number of anilines is 1. The minimum Gasteiger partial charge on any atom is -0.495 e. The van der Waals surface area contributed by atoms with Crippen LogP contribution >= 0.6 is 0 Å². The van der Waals surface area contributed by atoms with Crippen molar-refractivity contribution in [2.24, 2.45) is 0 Å². The van der Waals surface area contributed by atoms with Crippen LogP contribution < -0.4 is 9.64 Å². The number of benzene rings is 1. The van der Waals surface area contributed by atoms with Crippen molar-refractivity contribution in [2.45, 2.75) is 33.0 Å². The first-order valence-electron chi connectivity index (χ1n) is 7.81. The normalized spacial score (nSPS) is 16.7. The minimum absolute atomic E-state index is 0.0282. The van der Waals surface area contributed by atoms with E-state index in [1.165, 1.54) is 0 Å². The van der Waals surface area contributed by atoms with Crippen LogP contribution in [0, 0.1) is 0 Å². The average molecular weight is 320 g/mol. The van der Waals surface area contributed by atoms with Gasteiger partial charge in [-0.3, -0.25) is 9.59 Å². The summed E-state index contributed by atoms with van der Waals surface area (Å²) in [5.41, 5.74) is 0.735. The first kappa shape index (κ1) is 17.3. The van der Waals surface area contributed by atoms with Gasteiger partial charge in [-0.1, -0.05) is 12.1 Å². The van der Waals surface area contributed by atoms with Crippen molar-refractivity contribution in [1.29, 1.82) is 0 Å². The van der Waals surface area contributed by atoms with E-state index in [0.717, 1.165) is 5.69 Å². The van der Waals surface area contributed by atoms with Crippen LogP contribution in [0.4, 0.5) is 5.69 Å². The topological polar surface area (TPSA) is 59.1 Å². The minimum atomic E-state index is -0.541. The van der Waals surface area contributed by atoms with Crippen LogP contribution in [0.3, 0.4) is 0 Å². The van der Waals surface area contributed by atoms with Crippen molar-refractivity contribution >= 4 is 17.5 Å². The fourth-order valence-corrected chi connectivity index (χ4v) is 2.69. The van der Waals surface area contributed by atoms with Crippen molar-refractivity contribution in [3.63, 3.8) is 0 Å². The molecule has 1 fully saturated rings. The van der Waals surface area contributed by atoms with Gasteiger partial charge in [-0.2, -0.15) is 0 Å². The maximum absolute atomic E-state index is 12.5. The summed E-state index contributed by atoms with van der Waals surface area (Å²) in [5.74, 6) is 0.384. The van der Waals surface area contributed by atoms with E-state index in [0.29, 0.717) is 18.8 Å². The molecule has 1 saturated heterocycles. The van der Waals surface area contributed by atoms with E-state index in [1.54, 1.807) is 23.8 Å². The number of methoxy groups -OCH3 is 1. The molecule has 1 atom stereocenters. The molecule has 6 heteroatoms. The summed E-state index contributed by atoms with van der Waals surface area (Å²) in [6, 6.07) is 7.39. The predicted molar refractivity (Wildman–Crippen MR) is 87.6 cm³/mol. The SMILES string of the molecule is COc1ccccc1N1CCN(C(=O)[C@H](C)OC(C)C)CC1=O. The predicted octanol–water partition coefficient (Wildman–Crippen LogP) is 1.68. The van der Waals surface area contributed by atoms with E-state index in [4.69, 9.17) is 9.47 Å². The summed E-state index contributed by atoms with van der Waals surface area (Å²) < 4.78 is 10.8. The zero-order valence-electron chi connectivity index (χ0n) is 14.1. The fourth-order valence-electron chi connectivity index (χ4n) is 2.69. The smallest absolute Gasteiger partial charge is 0.251 e. The van der Waals surface area contributed by atoms with Gasteiger partial charge in [0.05, 0.1) is 18.9 Å². The number of carbonyl (C=O) groups excluding carboxylic acids is 2. The summed E-state index contributed by atoms with van der Waals surface area (Å²) in [4.78, 5) is 28.0. The Morgan fingerprint density at radius 3 is 2.48 bits per heavy atom. The van der Waals surface area contributed by atoms with Gasteiger partial charge >= 0.3 is 0 Å². The van der Waals surface area contributed by atoms with Crippen molar-refractivity contribution in [3.8, 4) is 5.75 Å². The summed E-state index contributed by atoms with van der Waals surface area (Å²) in [6.45, 7) is 6.47. The number of para-hydroxylation sites is 2. The van der Waals surface area contributed by atoms with Gasteiger partial charge in [-0.15, -0.1) is 0 Å². The van der Waals surface area contributed by atoms with Gasteiger partial charge in [-0.05, 0) is 32.9 Å². The van der Waals surface area contributed by atoms with Crippen molar-refractivity contribution < 1.29 is 19.1 Å². The van der Waals surface area contributed by atoms with Crippen molar-refractivity contribution in [3.05, 3.63) is 24.3 Å². The van der Waals surface area contributed by atoms with Crippen LogP contribution in [0.2, 0.25) is 0 Å². The molecule has 1 heterocycles. The van der Waals surface area contributed by atoms with Crippen LogP contribution in [-0.4, -0.2) is 55.7 Å². The van der Waals surface area contributed by atoms with Crippen LogP contribution in [0.1, 0.15) is 20.8 Å². The molecule has 126 valence electrons. The number of nitrogens with zero attached hydrogens (tertiary/aromatic N) is 2. The molecule has 1 aliphatic heterocycles. The molecular weight excluding hydrogens is 296 g/mol. The van der Waals surface area contributed by atoms with Gasteiger partial charge in [0.1, 0.15) is 18.4 Å². The highest BCUT2D eigenvalue weighted by Crippen LogP contribution is 2.28. The van der Waals surface area contributed by atoms with E-state index in [2.05, 4.69) is 0 Å². The molecule has 1 aromatic carbocycles. The quantitative estimate of drug-likeness (QED) is 0.828. The zero-order chi connectivity index (χ0) is 17.0. The van der Waals surface area contributed by atoms with E-state index in [9.17, 15) is 9.59 Å². The van der Waals surface area contributed by atoms with Crippen LogP contribution in [-0.2, 0) is 14.3 Å². The molecule has 1 aromatic rings. The number of carbonyl (C=O) groups is 2. The zero-order valence-corrected chi connectivity index (χ0v) is 14.1. The first-order valence-corrected chi connectivity index (χ1v) is 7.81. The molecule has 2 rings (SSSR count). The molecule has 0 aliphatic carbocycles. The van der Waals surface area contributed by atoms with E-state index >= 15 is 0 Å². The molecule has 0 saturated carbocycles. The van der Waals surface area contributed by atoms with Crippen molar-refractivity contribution in [2.75, 3.05) is 31.6 Å². The Balaban J connectivity index is 2.05. The number of hydrogen-bond donors (Lipinski definition) is 0. The third kappa shape index (κ3) is 4.01. The molecule has 2 amide bonds. The Kier molecular flexibility index (Phi) is 5.60. The van der Waals surface area contributed by atoms with Crippen LogP contribution in [0.5, 0.6) is 5.75 Å². The second-order valence-electron chi connectivity index (χ2n) is 5.80. The van der Waals surface area contributed by atoms with Gasteiger partial charge < -0.3 is 19.3 Å². The monoisotopic (exact) mass is 320 g/mol. The number of ether oxygens (including phenoxy) is 2. The van der Waals surface area contributed by atoms with E-state index in [-0.39, 0.29) is 24.5 Å². The van der Waals surface area contributed by atoms with Crippen LogP contribution in [0.25, 0.3) is 0 Å². The molecule has 6 nitrogen and oxygen atoms in total. The molecule has 0 spiro atoms. The molecule has 0 N–H and O–H groups in total. The Morgan fingerprint density at radius 2 is 1.87 bits per heavy atom.